The van der Waals surface area contributed by atoms with Crippen molar-refractivity contribution in [3.63, 3.8) is 0 Å². The summed E-state index contributed by atoms with van der Waals surface area (Å²) in [5.74, 6) is -1.22. The molecule has 5 nitrogen and oxygen atoms in total. The number of hydrogen-bond acceptors (Lipinski definition) is 3. The first-order valence-electron chi connectivity index (χ1n) is 6.84. The highest BCUT2D eigenvalue weighted by atomic mass is 35.5. The number of carbonyl (C=O) groups excluding carboxylic acids is 2. The zero-order valence-corrected chi connectivity index (χ0v) is 13.2. The molecule has 2 rings (SSSR count). The van der Waals surface area contributed by atoms with E-state index in [9.17, 15) is 14.0 Å². The molecule has 1 aromatic carbocycles. The summed E-state index contributed by atoms with van der Waals surface area (Å²) in [4.78, 5) is 29.1. The number of hydrogen-bond donors (Lipinski definition) is 1. The number of amides is 2. The van der Waals surface area contributed by atoms with Crippen molar-refractivity contribution < 1.29 is 14.0 Å². The molecule has 0 fully saturated rings. The molecule has 0 aliphatic heterocycles. The van der Waals surface area contributed by atoms with Crippen LogP contribution in [0.25, 0.3) is 0 Å². The first-order chi connectivity index (χ1) is 11.0. The number of nitrogens with zero attached hydrogens (tertiary/aromatic N) is 2. The zero-order chi connectivity index (χ0) is 16.8. The van der Waals surface area contributed by atoms with Gasteiger partial charge in [0.1, 0.15) is 11.5 Å². The average molecular weight is 336 g/mol. The fourth-order valence-corrected chi connectivity index (χ4v) is 2.04. The van der Waals surface area contributed by atoms with Crippen LogP contribution in [0.2, 0.25) is 5.02 Å². The Balaban J connectivity index is 1.89. The third-order valence-corrected chi connectivity index (χ3v) is 3.38. The molecule has 0 spiro atoms. The van der Waals surface area contributed by atoms with E-state index in [0.29, 0.717) is 10.6 Å². The molecule has 1 aromatic heterocycles. The predicted octanol–water partition coefficient (Wildman–Crippen LogP) is 2.26. The SMILES string of the molecule is CN(Cc1ccccc1F)C(=O)CNC(=O)c1cc(Cl)ccn1. The summed E-state index contributed by atoms with van der Waals surface area (Å²) in [6, 6.07) is 9.17. The summed E-state index contributed by atoms with van der Waals surface area (Å²) in [5.41, 5.74) is 0.535. The van der Waals surface area contributed by atoms with Crippen molar-refractivity contribution in [2.24, 2.45) is 0 Å². The van der Waals surface area contributed by atoms with Gasteiger partial charge in [-0.2, -0.15) is 0 Å². The van der Waals surface area contributed by atoms with Crippen molar-refractivity contribution in [2.75, 3.05) is 13.6 Å². The Labute approximate surface area is 138 Å². The van der Waals surface area contributed by atoms with Gasteiger partial charge in [0.05, 0.1) is 6.54 Å². The van der Waals surface area contributed by atoms with Crippen LogP contribution in [0, 0.1) is 5.82 Å². The van der Waals surface area contributed by atoms with E-state index in [1.54, 1.807) is 31.3 Å². The van der Waals surface area contributed by atoms with Gasteiger partial charge < -0.3 is 10.2 Å². The highest BCUT2D eigenvalue weighted by molar-refractivity contribution is 6.30. The number of benzene rings is 1. The summed E-state index contributed by atoms with van der Waals surface area (Å²) < 4.78 is 13.6. The molecular weight excluding hydrogens is 321 g/mol. The zero-order valence-electron chi connectivity index (χ0n) is 12.4. The van der Waals surface area contributed by atoms with Gasteiger partial charge in [-0.15, -0.1) is 0 Å². The minimum Gasteiger partial charge on any atom is -0.342 e. The van der Waals surface area contributed by atoms with Crippen molar-refractivity contribution >= 4 is 23.4 Å². The monoisotopic (exact) mass is 335 g/mol. The van der Waals surface area contributed by atoms with E-state index in [0.717, 1.165) is 0 Å². The molecule has 23 heavy (non-hydrogen) atoms. The molecule has 1 heterocycles. The van der Waals surface area contributed by atoms with Crippen molar-refractivity contribution in [3.05, 3.63) is 64.7 Å². The molecule has 0 bridgehead atoms. The van der Waals surface area contributed by atoms with Gasteiger partial charge in [0.2, 0.25) is 5.91 Å². The van der Waals surface area contributed by atoms with Gasteiger partial charge >= 0.3 is 0 Å². The van der Waals surface area contributed by atoms with Gasteiger partial charge in [-0.25, -0.2) is 4.39 Å². The van der Waals surface area contributed by atoms with Crippen LogP contribution >= 0.6 is 11.6 Å². The molecule has 0 unspecified atom stereocenters. The maximum atomic E-state index is 13.6. The lowest BCUT2D eigenvalue weighted by Crippen LogP contribution is -2.38. The molecule has 120 valence electrons. The number of carbonyl (C=O) groups is 2. The minimum atomic E-state index is -0.500. The summed E-state index contributed by atoms with van der Waals surface area (Å²) in [5, 5.41) is 2.84. The third-order valence-electron chi connectivity index (χ3n) is 3.15. The largest absolute Gasteiger partial charge is 0.342 e. The second-order valence-corrected chi connectivity index (χ2v) is 5.32. The van der Waals surface area contributed by atoms with Crippen LogP contribution in [0.3, 0.4) is 0 Å². The van der Waals surface area contributed by atoms with Gasteiger partial charge in [-0.3, -0.25) is 14.6 Å². The van der Waals surface area contributed by atoms with Crippen LogP contribution in [0.1, 0.15) is 16.1 Å². The Hall–Kier alpha value is -2.47. The molecular formula is C16H15ClFN3O2. The Morgan fingerprint density at radius 3 is 2.74 bits per heavy atom. The van der Waals surface area contributed by atoms with E-state index in [1.807, 2.05) is 0 Å². The maximum Gasteiger partial charge on any atom is 0.270 e. The smallest absolute Gasteiger partial charge is 0.270 e. The third kappa shape index (κ3) is 4.75. The molecule has 1 N–H and O–H groups in total. The van der Waals surface area contributed by atoms with Crippen molar-refractivity contribution in [1.82, 2.24) is 15.2 Å². The fraction of sp³-hybridized carbons (Fsp3) is 0.188. The Kier molecular flexibility index (Phi) is 5.65. The van der Waals surface area contributed by atoms with E-state index in [4.69, 9.17) is 11.6 Å². The highest BCUT2D eigenvalue weighted by Gasteiger charge is 2.14. The molecule has 0 aliphatic rings. The second-order valence-electron chi connectivity index (χ2n) is 4.88. The van der Waals surface area contributed by atoms with Gasteiger partial charge in [-0.1, -0.05) is 29.8 Å². The quantitative estimate of drug-likeness (QED) is 0.911. The minimum absolute atomic E-state index is 0.122. The van der Waals surface area contributed by atoms with Crippen LogP contribution in [-0.4, -0.2) is 35.3 Å². The Bertz CT molecular complexity index is 724. The standard InChI is InChI=1S/C16H15ClFN3O2/c1-21(10-11-4-2-3-5-13(11)18)15(22)9-20-16(23)14-8-12(17)6-7-19-14/h2-8H,9-10H2,1H3,(H,20,23). The highest BCUT2D eigenvalue weighted by Crippen LogP contribution is 2.09. The normalized spacial score (nSPS) is 10.2. The van der Waals surface area contributed by atoms with Gasteiger partial charge in [-0.05, 0) is 18.2 Å². The summed E-state index contributed by atoms with van der Waals surface area (Å²) >= 11 is 5.78. The van der Waals surface area contributed by atoms with Crippen molar-refractivity contribution in [2.45, 2.75) is 6.54 Å². The van der Waals surface area contributed by atoms with Crippen molar-refractivity contribution in [3.8, 4) is 0 Å². The summed E-state index contributed by atoms with van der Waals surface area (Å²) in [6.45, 7) is -0.0885. The fourth-order valence-electron chi connectivity index (χ4n) is 1.88. The number of likely N-dealkylation sites (N-methyl/N-ethyl adjacent to an activating group) is 1. The van der Waals surface area contributed by atoms with E-state index in [2.05, 4.69) is 10.3 Å². The van der Waals surface area contributed by atoms with E-state index in [1.165, 1.54) is 23.2 Å². The predicted molar refractivity (Wildman–Crippen MR) is 84.5 cm³/mol. The van der Waals surface area contributed by atoms with Crippen LogP contribution in [-0.2, 0) is 11.3 Å². The molecule has 2 amide bonds. The van der Waals surface area contributed by atoms with E-state index in [-0.39, 0.29) is 30.5 Å². The van der Waals surface area contributed by atoms with Gasteiger partial charge in [0, 0.05) is 30.4 Å². The lowest BCUT2D eigenvalue weighted by atomic mass is 10.2. The number of rotatable bonds is 5. The number of pyridine rings is 1. The first-order valence-corrected chi connectivity index (χ1v) is 7.22. The lowest BCUT2D eigenvalue weighted by molar-refractivity contribution is -0.129. The summed E-state index contributed by atoms with van der Waals surface area (Å²) in [6.07, 6.45) is 1.41. The van der Waals surface area contributed by atoms with E-state index < -0.39 is 5.91 Å². The van der Waals surface area contributed by atoms with Crippen LogP contribution < -0.4 is 5.32 Å². The van der Waals surface area contributed by atoms with Gasteiger partial charge in [0.25, 0.3) is 5.91 Å². The number of aromatic nitrogens is 1. The van der Waals surface area contributed by atoms with Crippen LogP contribution in [0.5, 0.6) is 0 Å². The second kappa shape index (κ2) is 7.69. The number of halogens is 2. The van der Waals surface area contributed by atoms with Crippen LogP contribution in [0.15, 0.2) is 42.6 Å². The molecule has 0 saturated carbocycles. The van der Waals surface area contributed by atoms with Crippen LogP contribution in [0.4, 0.5) is 4.39 Å². The molecule has 0 aliphatic carbocycles. The van der Waals surface area contributed by atoms with E-state index >= 15 is 0 Å². The molecule has 0 radical (unpaired) electrons. The maximum absolute atomic E-state index is 13.6. The lowest BCUT2D eigenvalue weighted by Gasteiger charge is -2.18. The number of nitrogens with one attached hydrogen (secondary N) is 1. The molecule has 0 saturated heterocycles. The summed E-state index contributed by atoms with van der Waals surface area (Å²) in [7, 11) is 1.54. The molecule has 7 heteroatoms. The Morgan fingerprint density at radius 1 is 1.30 bits per heavy atom. The topological polar surface area (TPSA) is 62.3 Å². The van der Waals surface area contributed by atoms with Crippen molar-refractivity contribution in [1.29, 1.82) is 0 Å². The average Bonchev–Trinajstić information content (AvgIpc) is 2.54. The molecule has 0 atom stereocenters. The van der Waals surface area contributed by atoms with Gasteiger partial charge in [0.15, 0.2) is 0 Å². The Morgan fingerprint density at radius 2 is 2.04 bits per heavy atom. The first kappa shape index (κ1) is 16.9. The molecule has 2 aromatic rings.